The van der Waals surface area contributed by atoms with Crippen molar-refractivity contribution < 1.29 is 13.2 Å². The van der Waals surface area contributed by atoms with Gasteiger partial charge in [-0.05, 0) is 60.9 Å². The number of sulfonamides is 1. The number of carbonyl (C=O) groups is 1. The monoisotopic (exact) mass is 408 g/mol. The fraction of sp³-hybridized carbons (Fsp3) is 0.174. The third-order valence-corrected chi connectivity index (χ3v) is 6.60. The molecule has 0 saturated heterocycles. The first-order chi connectivity index (χ1) is 13.8. The molecule has 3 aromatic carbocycles. The largest absolute Gasteiger partial charge is 0.322 e. The van der Waals surface area contributed by atoms with Gasteiger partial charge in [-0.15, -0.1) is 0 Å². The molecule has 5 nitrogen and oxygen atoms in total. The highest BCUT2D eigenvalue weighted by molar-refractivity contribution is 7.92. The predicted octanol–water partition coefficient (Wildman–Crippen LogP) is 4.63. The van der Waals surface area contributed by atoms with E-state index in [4.69, 9.17) is 0 Å². The summed E-state index contributed by atoms with van der Waals surface area (Å²) in [6.07, 6.45) is 0.919. The molecule has 0 aliphatic heterocycles. The first-order valence-corrected chi connectivity index (χ1v) is 10.8. The van der Waals surface area contributed by atoms with Crippen LogP contribution in [0, 0.1) is 6.92 Å². The van der Waals surface area contributed by atoms with Crippen LogP contribution in [0.25, 0.3) is 0 Å². The van der Waals surface area contributed by atoms with Crippen LogP contribution in [-0.4, -0.2) is 21.4 Å². The number of nitrogens with zero attached hydrogens (tertiary/aromatic N) is 1. The van der Waals surface area contributed by atoms with Gasteiger partial charge in [-0.25, -0.2) is 8.42 Å². The molecule has 0 aromatic heterocycles. The van der Waals surface area contributed by atoms with E-state index in [-0.39, 0.29) is 16.4 Å². The number of amides is 1. The number of carbonyl (C=O) groups excluding carboxylic acids is 1. The number of nitrogens with one attached hydrogen (secondary N) is 1. The lowest BCUT2D eigenvalue weighted by Gasteiger charge is -2.21. The maximum atomic E-state index is 13.1. The van der Waals surface area contributed by atoms with Crippen molar-refractivity contribution in [1.29, 1.82) is 0 Å². The van der Waals surface area contributed by atoms with E-state index < -0.39 is 10.0 Å². The van der Waals surface area contributed by atoms with Crippen LogP contribution in [0.4, 0.5) is 11.4 Å². The van der Waals surface area contributed by atoms with Crippen molar-refractivity contribution in [3.63, 3.8) is 0 Å². The van der Waals surface area contributed by atoms with E-state index in [1.165, 1.54) is 29.0 Å². The lowest BCUT2D eigenvalue weighted by Crippen LogP contribution is -2.27. The van der Waals surface area contributed by atoms with Crippen LogP contribution >= 0.6 is 0 Å². The highest BCUT2D eigenvalue weighted by atomic mass is 32.2. The van der Waals surface area contributed by atoms with E-state index >= 15 is 0 Å². The Balaban J connectivity index is 1.86. The first-order valence-electron chi connectivity index (χ1n) is 9.38. The number of anilines is 2. The third kappa shape index (κ3) is 4.49. The maximum Gasteiger partial charge on any atom is 0.264 e. The molecule has 0 aliphatic carbocycles. The van der Waals surface area contributed by atoms with Gasteiger partial charge in [0.05, 0.1) is 10.6 Å². The molecule has 0 radical (unpaired) electrons. The average Bonchev–Trinajstić information content (AvgIpc) is 2.74. The molecule has 0 atom stereocenters. The summed E-state index contributed by atoms with van der Waals surface area (Å²) in [4.78, 5) is 12.7. The van der Waals surface area contributed by atoms with E-state index in [2.05, 4.69) is 12.2 Å². The number of benzene rings is 3. The van der Waals surface area contributed by atoms with Crippen LogP contribution in [-0.2, 0) is 16.4 Å². The second-order valence-electron chi connectivity index (χ2n) is 6.79. The minimum atomic E-state index is -3.80. The molecule has 3 aromatic rings. The van der Waals surface area contributed by atoms with E-state index in [9.17, 15) is 13.2 Å². The first kappa shape index (κ1) is 20.6. The van der Waals surface area contributed by atoms with Crippen molar-refractivity contribution in [1.82, 2.24) is 0 Å². The fourth-order valence-electron chi connectivity index (χ4n) is 3.03. The molecule has 0 unspecified atom stereocenters. The SMILES string of the molecule is CCc1ccc(NC(=O)c2cccc(S(=O)(=O)N(C)c3ccccc3C)c2)cc1. The van der Waals surface area contributed by atoms with Gasteiger partial charge in [0.15, 0.2) is 0 Å². The summed E-state index contributed by atoms with van der Waals surface area (Å²) < 4.78 is 27.4. The minimum Gasteiger partial charge on any atom is -0.322 e. The van der Waals surface area contributed by atoms with Gasteiger partial charge in [0.2, 0.25) is 0 Å². The topological polar surface area (TPSA) is 66.5 Å². The summed E-state index contributed by atoms with van der Waals surface area (Å²) in [6, 6.07) is 20.9. The molecule has 1 amide bonds. The van der Waals surface area contributed by atoms with Gasteiger partial charge in [-0.2, -0.15) is 0 Å². The Morgan fingerprint density at radius 1 is 0.966 bits per heavy atom. The Kier molecular flexibility index (Phi) is 6.03. The summed E-state index contributed by atoms with van der Waals surface area (Å²) in [5, 5.41) is 2.81. The zero-order valence-corrected chi connectivity index (χ0v) is 17.5. The predicted molar refractivity (Wildman–Crippen MR) is 117 cm³/mol. The number of aryl methyl sites for hydroxylation is 2. The Morgan fingerprint density at radius 3 is 2.31 bits per heavy atom. The van der Waals surface area contributed by atoms with Crippen LogP contribution in [0.5, 0.6) is 0 Å². The van der Waals surface area contributed by atoms with Crippen molar-refractivity contribution in [2.75, 3.05) is 16.7 Å². The van der Waals surface area contributed by atoms with Gasteiger partial charge in [-0.1, -0.05) is 43.3 Å². The van der Waals surface area contributed by atoms with Gasteiger partial charge in [0.25, 0.3) is 15.9 Å². The third-order valence-electron chi connectivity index (χ3n) is 4.83. The second-order valence-corrected chi connectivity index (χ2v) is 8.76. The number of hydrogen-bond acceptors (Lipinski definition) is 3. The molecular weight excluding hydrogens is 384 g/mol. The molecule has 150 valence electrons. The van der Waals surface area contributed by atoms with Gasteiger partial charge in [0, 0.05) is 18.3 Å². The van der Waals surface area contributed by atoms with Gasteiger partial charge in [0.1, 0.15) is 0 Å². The quantitative estimate of drug-likeness (QED) is 0.646. The number of hydrogen-bond donors (Lipinski definition) is 1. The van der Waals surface area contributed by atoms with Gasteiger partial charge in [-0.3, -0.25) is 9.10 Å². The Hall–Kier alpha value is -3.12. The van der Waals surface area contributed by atoms with Gasteiger partial charge < -0.3 is 5.32 Å². The van der Waals surface area contributed by atoms with E-state index in [0.29, 0.717) is 11.4 Å². The Labute approximate surface area is 172 Å². The summed E-state index contributed by atoms with van der Waals surface area (Å²) in [5.74, 6) is -0.357. The van der Waals surface area contributed by atoms with Crippen LogP contribution in [0.15, 0.2) is 77.7 Å². The standard InChI is InChI=1S/C23H24N2O3S/c1-4-18-12-14-20(15-13-18)24-23(26)19-9-7-10-21(16-19)29(27,28)25(3)22-11-6-5-8-17(22)2/h5-16H,4H2,1-3H3,(H,24,26). The molecule has 0 bridgehead atoms. The van der Waals surface area contributed by atoms with E-state index in [1.54, 1.807) is 24.3 Å². The fourth-order valence-corrected chi connectivity index (χ4v) is 4.34. The van der Waals surface area contributed by atoms with Crippen molar-refractivity contribution in [2.24, 2.45) is 0 Å². The highest BCUT2D eigenvalue weighted by Gasteiger charge is 2.23. The van der Waals surface area contributed by atoms with Crippen molar-refractivity contribution in [2.45, 2.75) is 25.2 Å². The maximum absolute atomic E-state index is 13.1. The van der Waals surface area contributed by atoms with Crippen LogP contribution in [0.3, 0.4) is 0 Å². The zero-order chi connectivity index (χ0) is 21.0. The molecular formula is C23H24N2O3S. The average molecular weight is 409 g/mol. The normalized spacial score (nSPS) is 11.1. The van der Waals surface area contributed by atoms with Crippen LogP contribution < -0.4 is 9.62 Å². The second kappa shape index (κ2) is 8.49. The lowest BCUT2D eigenvalue weighted by atomic mass is 10.1. The number of rotatable bonds is 6. The molecule has 0 spiro atoms. The molecule has 0 saturated carbocycles. The molecule has 0 aliphatic rings. The molecule has 29 heavy (non-hydrogen) atoms. The molecule has 3 rings (SSSR count). The zero-order valence-electron chi connectivity index (χ0n) is 16.7. The van der Waals surface area contributed by atoms with Crippen LogP contribution in [0.1, 0.15) is 28.4 Å². The lowest BCUT2D eigenvalue weighted by molar-refractivity contribution is 0.102. The summed E-state index contributed by atoms with van der Waals surface area (Å²) >= 11 is 0. The molecule has 6 heteroatoms. The van der Waals surface area contributed by atoms with E-state index in [1.807, 2.05) is 43.3 Å². The Bertz CT molecular complexity index is 1120. The summed E-state index contributed by atoms with van der Waals surface area (Å²) in [6.45, 7) is 3.92. The smallest absolute Gasteiger partial charge is 0.264 e. The summed E-state index contributed by atoms with van der Waals surface area (Å²) in [5.41, 5.74) is 3.57. The van der Waals surface area contributed by atoms with Crippen molar-refractivity contribution >= 4 is 27.3 Å². The molecule has 0 heterocycles. The van der Waals surface area contributed by atoms with Crippen molar-refractivity contribution in [3.05, 3.63) is 89.5 Å². The van der Waals surface area contributed by atoms with Gasteiger partial charge >= 0.3 is 0 Å². The Morgan fingerprint density at radius 2 is 1.66 bits per heavy atom. The molecule has 0 fully saturated rings. The molecule has 1 N–H and O–H groups in total. The minimum absolute atomic E-state index is 0.0669. The van der Waals surface area contributed by atoms with E-state index in [0.717, 1.165) is 12.0 Å². The highest BCUT2D eigenvalue weighted by Crippen LogP contribution is 2.25. The number of para-hydroxylation sites is 1. The van der Waals surface area contributed by atoms with Crippen molar-refractivity contribution in [3.8, 4) is 0 Å². The summed E-state index contributed by atoms with van der Waals surface area (Å²) in [7, 11) is -2.29. The van der Waals surface area contributed by atoms with Crippen LogP contribution in [0.2, 0.25) is 0 Å².